The minimum atomic E-state index is -0.00224. The first-order valence-corrected chi connectivity index (χ1v) is 10.7. The lowest BCUT2D eigenvalue weighted by Crippen LogP contribution is -2.56. The monoisotopic (exact) mass is 396 g/mol. The maximum absolute atomic E-state index is 9.01. The standard InChI is InChI=1S/C24H32N2O3/c1-28-24-15-20(9-10-23(24)29-13-12-27)16-26-17-21-8-5-11-25(21)18-22(26)14-19-6-3-2-4-7-19/h2-4,6-7,9-10,15,21-22,27H,5,8,11-14,16-18H2,1H3/t21-,22-/m0/s1. The quantitative estimate of drug-likeness (QED) is 0.743. The van der Waals surface area contributed by atoms with Crippen molar-refractivity contribution in [2.75, 3.05) is 40.0 Å². The van der Waals surface area contributed by atoms with Gasteiger partial charge in [0.2, 0.25) is 0 Å². The van der Waals surface area contributed by atoms with E-state index in [-0.39, 0.29) is 13.2 Å². The molecule has 0 amide bonds. The van der Waals surface area contributed by atoms with E-state index >= 15 is 0 Å². The average molecular weight is 397 g/mol. The zero-order valence-corrected chi connectivity index (χ0v) is 17.3. The van der Waals surface area contributed by atoms with E-state index in [1.54, 1.807) is 7.11 Å². The molecule has 0 aliphatic carbocycles. The van der Waals surface area contributed by atoms with E-state index in [9.17, 15) is 0 Å². The summed E-state index contributed by atoms with van der Waals surface area (Å²) in [5, 5.41) is 9.01. The van der Waals surface area contributed by atoms with Crippen LogP contribution in [-0.2, 0) is 13.0 Å². The third-order valence-corrected chi connectivity index (χ3v) is 6.18. The summed E-state index contributed by atoms with van der Waals surface area (Å²) in [6.45, 7) is 4.71. The van der Waals surface area contributed by atoms with Gasteiger partial charge in [0.1, 0.15) is 6.61 Å². The molecule has 5 heteroatoms. The zero-order chi connectivity index (χ0) is 20.1. The number of ether oxygens (including phenoxy) is 2. The number of nitrogens with zero attached hydrogens (tertiary/aromatic N) is 2. The largest absolute Gasteiger partial charge is 0.493 e. The van der Waals surface area contributed by atoms with E-state index in [1.165, 1.54) is 30.5 Å². The summed E-state index contributed by atoms with van der Waals surface area (Å²) in [6.07, 6.45) is 3.71. The molecule has 156 valence electrons. The van der Waals surface area contributed by atoms with E-state index in [4.69, 9.17) is 14.6 Å². The van der Waals surface area contributed by atoms with Crippen LogP contribution in [0.15, 0.2) is 48.5 Å². The van der Waals surface area contributed by atoms with E-state index in [1.807, 2.05) is 6.07 Å². The first-order valence-electron chi connectivity index (χ1n) is 10.7. The van der Waals surface area contributed by atoms with Crippen LogP contribution in [0.25, 0.3) is 0 Å². The van der Waals surface area contributed by atoms with Gasteiger partial charge in [-0.2, -0.15) is 0 Å². The summed E-state index contributed by atoms with van der Waals surface area (Å²) in [7, 11) is 1.67. The van der Waals surface area contributed by atoms with Gasteiger partial charge in [-0.25, -0.2) is 0 Å². The lowest BCUT2D eigenvalue weighted by molar-refractivity contribution is 0.0455. The fraction of sp³-hybridized carbons (Fsp3) is 0.500. The SMILES string of the molecule is COc1cc(CN2C[C@@H]3CCCN3C[C@@H]2Cc2ccccc2)ccc1OCCO. The van der Waals surface area contributed by atoms with Gasteiger partial charge in [0.15, 0.2) is 11.5 Å². The predicted molar refractivity (Wildman–Crippen MR) is 115 cm³/mol. The fourth-order valence-electron chi connectivity index (χ4n) is 4.74. The van der Waals surface area contributed by atoms with Gasteiger partial charge in [-0.05, 0) is 49.1 Å². The van der Waals surface area contributed by atoms with Crippen LogP contribution in [0.3, 0.4) is 0 Å². The molecular formula is C24H32N2O3. The summed E-state index contributed by atoms with van der Waals surface area (Å²) in [5.41, 5.74) is 2.65. The van der Waals surface area contributed by atoms with E-state index in [0.717, 1.165) is 31.8 Å². The summed E-state index contributed by atoms with van der Waals surface area (Å²) in [5.74, 6) is 1.42. The van der Waals surface area contributed by atoms with Crippen molar-refractivity contribution >= 4 is 0 Å². The van der Waals surface area contributed by atoms with Gasteiger partial charge in [-0.3, -0.25) is 9.80 Å². The van der Waals surface area contributed by atoms with Crippen molar-refractivity contribution in [3.05, 3.63) is 59.7 Å². The Morgan fingerprint density at radius 1 is 1.03 bits per heavy atom. The molecule has 0 bridgehead atoms. The highest BCUT2D eigenvalue weighted by atomic mass is 16.5. The Labute approximate surface area is 173 Å². The molecule has 2 saturated heterocycles. The molecule has 2 fully saturated rings. The molecule has 2 aliphatic heterocycles. The lowest BCUT2D eigenvalue weighted by atomic mass is 9.99. The second-order valence-electron chi connectivity index (χ2n) is 8.12. The lowest BCUT2D eigenvalue weighted by Gasteiger charge is -2.44. The molecule has 2 aromatic rings. The highest BCUT2D eigenvalue weighted by molar-refractivity contribution is 5.43. The molecule has 0 unspecified atom stereocenters. The Balaban J connectivity index is 1.50. The smallest absolute Gasteiger partial charge is 0.161 e. The topological polar surface area (TPSA) is 45.2 Å². The Bertz CT molecular complexity index is 783. The van der Waals surface area contributed by atoms with Crippen LogP contribution < -0.4 is 9.47 Å². The minimum Gasteiger partial charge on any atom is -0.493 e. The Morgan fingerprint density at radius 2 is 1.90 bits per heavy atom. The molecule has 4 rings (SSSR count). The number of fused-ring (bicyclic) bond motifs is 1. The van der Waals surface area contributed by atoms with Crippen molar-refractivity contribution in [1.29, 1.82) is 0 Å². The second-order valence-corrected chi connectivity index (χ2v) is 8.12. The van der Waals surface area contributed by atoms with E-state index in [0.29, 0.717) is 17.8 Å². The molecule has 0 aromatic heterocycles. The van der Waals surface area contributed by atoms with E-state index in [2.05, 4.69) is 52.3 Å². The number of hydrogen-bond acceptors (Lipinski definition) is 5. The van der Waals surface area contributed by atoms with Crippen molar-refractivity contribution in [1.82, 2.24) is 9.80 Å². The molecule has 0 saturated carbocycles. The van der Waals surface area contributed by atoms with Crippen LogP contribution in [0.1, 0.15) is 24.0 Å². The van der Waals surface area contributed by atoms with Crippen molar-refractivity contribution in [2.45, 2.75) is 37.9 Å². The first-order chi connectivity index (χ1) is 14.3. The zero-order valence-electron chi connectivity index (χ0n) is 17.3. The minimum absolute atomic E-state index is 0.00224. The fourth-order valence-corrected chi connectivity index (χ4v) is 4.74. The van der Waals surface area contributed by atoms with Crippen molar-refractivity contribution < 1.29 is 14.6 Å². The molecule has 0 radical (unpaired) electrons. The third-order valence-electron chi connectivity index (χ3n) is 6.18. The molecule has 2 heterocycles. The number of piperazine rings is 1. The maximum atomic E-state index is 9.01. The Morgan fingerprint density at radius 3 is 2.69 bits per heavy atom. The number of benzene rings is 2. The summed E-state index contributed by atoms with van der Waals surface area (Å²) in [6, 6.07) is 18.2. The summed E-state index contributed by atoms with van der Waals surface area (Å²) < 4.78 is 11.1. The van der Waals surface area contributed by atoms with Gasteiger partial charge in [-0.1, -0.05) is 36.4 Å². The van der Waals surface area contributed by atoms with Crippen molar-refractivity contribution in [3.8, 4) is 11.5 Å². The summed E-state index contributed by atoms with van der Waals surface area (Å²) >= 11 is 0. The van der Waals surface area contributed by atoms with Crippen LogP contribution >= 0.6 is 0 Å². The van der Waals surface area contributed by atoms with Crippen LogP contribution in [0.5, 0.6) is 11.5 Å². The molecule has 2 atom stereocenters. The normalized spacial score (nSPS) is 22.4. The van der Waals surface area contributed by atoms with Crippen LogP contribution in [0.4, 0.5) is 0 Å². The van der Waals surface area contributed by atoms with Crippen molar-refractivity contribution in [3.63, 3.8) is 0 Å². The Hall–Kier alpha value is -2.08. The van der Waals surface area contributed by atoms with Gasteiger partial charge >= 0.3 is 0 Å². The summed E-state index contributed by atoms with van der Waals surface area (Å²) in [4.78, 5) is 5.35. The second kappa shape index (κ2) is 9.61. The molecule has 5 nitrogen and oxygen atoms in total. The van der Waals surface area contributed by atoms with Crippen LogP contribution in [0, 0.1) is 0 Å². The molecule has 0 spiro atoms. The van der Waals surface area contributed by atoms with E-state index < -0.39 is 0 Å². The van der Waals surface area contributed by atoms with Gasteiger partial charge in [-0.15, -0.1) is 0 Å². The van der Waals surface area contributed by atoms with Gasteiger partial charge in [0, 0.05) is 31.7 Å². The number of aliphatic hydroxyl groups excluding tert-OH is 1. The number of aliphatic hydroxyl groups is 1. The van der Waals surface area contributed by atoms with Crippen LogP contribution in [0.2, 0.25) is 0 Å². The van der Waals surface area contributed by atoms with Gasteiger partial charge in [0.25, 0.3) is 0 Å². The third kappa shape index (κ3) is 4.92. The highest BCUT2D eigenvalue weighted by Gasteiger charge is 2.36. The molecule has 29 heavy (non-hydrogen) atoms. The first kappa shape index (κ1) is 20.2. The molecular weight excluding hydrogens is 364 g/mol. The van der Waals surface area contributed by atoms with Crippen molar-refractivity contribution in [2.24, 2.45) is 0 Å². The predicted octanol–water partition coefficient (Wildman–Crippen LogP) is 2.96. The van der Waals surface area contributed by atoms with Crippen LogP contribution in [-0.4, -0.2) is 66.9 Å². The maximum Gasteiger partial charge on any atom is 0.161 e. The van der Waals surface area contributed by atoms with Gasteiger partial charge in [0.05, 0.1) is 13.7 Å². The molecule has 2 aromatic carbocycles. The number of methoxy groups -OCH3 is 1. The molecule has 1 N–H and O–H groups in total. The van der Waals surface area contributed by atoms with Gasteiger partial charge < -0.3 is 14.6 Å². The highest BCUT2D eigenvalue weighted by Crippen LogP contribution is 2.31. The molecule has 2 aliphatic rings. The number of rotatable bonds is 8. The number of hydrogen-bond donors (Lipinski definition) is 1. The average Bonchev–Trinajstić information content (AvgIpc) is 3.21. The Kier molecular flexibility index (Phi) is 6.70.